The lowest BCUT2D eigenvalue weighted by atomic mass is 10.00. The first-order valence-electron chi connectivity index (χ1n) is 9.63. The highest BCUT2D eigenvalue weighted by atomic mass is 16.1. The van der Waals surface area contributed by atoms with E-state index in [1.54, 1.807) is 0 Å². The van der Waals surface area contributed by atoms with Crippen molar-refractivity contribution in [2.45, 2.75) is 31.8 Å². The number of carbonyl (C=O) groups is 1. The number of hydrogen-bond donors (Lipinski definition) is 2. The van der Waals surface area contributed by atoms with Gasteiger partial charge in [0.1, 0.15) is 5.69 Å². The molecule has 1 fully saturated rings. The van der Waals surface area contributed by atoms with Gasteiger partial charge in [-0.05, 0) is 43.0 Å². The van der Waals surface area contributed by atoms with Gasteiger partial charge in [-0.25, -0.2) is 0 Å². The Morgan fingerprint density at radius 3 is 3.00 bits per heavy atom. The van der Waals surface area contributed by atoms with Crippen LogP contribution in [0, 0.1) is 0 Å². The second kappa shape index (κ2) is 8.01. The van der Waals surface area contributed by atoms with Gasteiger partial charge in [-0.3, -0.25) is 14.4 Å². The molecule has 1 saturated heterocycles. The van der Waals surface area contributed by atoms with Crippen molar-refractivity contribution in [3.63, 3.8) is 0 Å². The van der Waals surface area contributed by atoms with E-state index in [2.05, 4.69) is 44.9 Å². The molecule has 0 bridgehead atoms. The van der Waals surface area contributed by atoms with Crippen LogP contribution in [0.1, 0.15) is 40.5 Å². The quantitative estimate of drug-likeness (QED) is 0.857. The maximum Gasteiger partial charge on any atom is 0.271 e. The van der Waals surface area contributed by atoms with Gasteiger partial charge in [0.25, 0.3) is 5.91 Å². The average molecular weight is 353 g/mol. The van der Waals surface area contributed by atoms with E-state index in [0.717, 1.165) is 52.0 Å². The number of rotatable bonds is 5. The molecule has 2 aliphatic heterocycles. The third-order valence-electron chi connectivity index (χ3n) is 5.41. The lowest BCUT2D eigenvalue weighted by molar-refractivity contribution is 0.0941. The van der Waals surface area contributed by atoms with E-state index >= 15 is 0 Å². The number of hydrogen-bond acceptors (Lipinski definition) is 4. The average Bonchev–Trinajstić information content (AvgIpc) is 3.19. The predicted molar refractivity (Wildman–Crippen MR) is 101 cm³/mol. The molecule has 0 radical (unpaired) electrons. The molecule has 6 heteroatoms. The normalized spacial score (nSPS) is 20.5. The zero-order valence-electron chi connectivity index (χ0n) is 15.2. The molecule has 2 N–H and O–H groups in total. The molecule has 26 heavy (non-hydrogen) atoms. The topological polar surface area (TPSA) is 62.2 Å². The molecule has 2 aromatic rings. The molecule has 138 valence electrons. The summed E-state index contributed by atoms with van der Waals surface area (Å²) in [6, 6.07) is 10.8. The van der Waals surface area contributed by atoms with Crippen molar-refractivity contribution in [3.8, 4) is 0 Å². The van der Waals surface area contributed by atoms with Gasteiger partial charge in [0.15, 0.2) is 0 Å². The van der Waals surface area contributed by atoms with Crippen LogP contribution in [0.15, 0.2) is 36.5 Å². The van der Waals surface area contributed by atoms with Crippen molar-refractivity contribution in [1.82, 2.24) is 25.3 Å². The van der Waals surface area contributed by atoms with Crippen LogP contribution in [-0.2, 0) is 13.0 Å². The molecule has 6 nitrogen and oxygen atoms in total. The third-order valence-corrected chi connectivity index (χ3v) is 5.41. The van der Waals surface area contributed by atoms with Gasteiger partial charge in [-0.2, -0.15) is 5.10 Å². The van der Waals surface area contributed by atoms with Crippen LogP contribution in [0.2, 0.25) is 0 Å². The Kier molecular flexibility index (Phi) is 5.32. The predicted octanol–water partition coefficient (Wildman–Crippen LogP) is 1.60. The molecule has 1 atom stereocenters. The summed E-state index contributed by atoms with van der Waals surface area (Å²) < 4.78 is 1.93. The number of nitrogens with one attached hydrogen (secondary N) is 2. The smallest absolute Gasteiger partial charge is 0.271 e. The van der Waals surface area contributed by atoms with Crippen LogP contribution in [0.5, 0.6) is 0 Å². The number of piperidine rings is 1. The van der Waals surface area contributed by atoms with Crippen LogP contribution in [0.3, 0.4) is 0 Å². The van der Waals surface area contributed by atoms with Gasteiger partial charge in [0.2, 0.25) is 0 Å². The largest absolute Gasteiger partial charge is 0.349 e. The summed E-state index contributed by atoms with van der Waals surface area (Å²) in [4.78, 5) is 14.8. The van der Waals surface area contributed by atoms with E-state index in [0.29, 0.717) is 18.3 Å². The monoisotopic (exact) mass is 353 g/mol. The molecular weight excluding hydrogens is 326 g/mol. The molecule has 3 heterocycles. The highest BCUT2D eigenvalue weighted by molar-refractivity contribution is 5.92. The molecule has 2 aliphatic rings. The van der Waals surface area contributed by atoms with E-state index in [1.165, 1.54) is 11.1 Å². The maximum absolute atomic E-state index is 12.4. The van der Waals surface area contributed by atoms with Gasteiger partial charge < -0.3 is 10.6 Å². The summed E-state index contributed by atoms with van der Waals surface area (Å²) in [5.74, 6) is -0.0788. The molecule has 1 unspecified atom stereocenters. The first-order valence-corrected chi connectivity index (χ1v) is 9.63. The Hall–Kier alpha value is -2.18. The standard InChI is InChI=1S/C20H27N5O/c26-20(19-8-12-25(23-19)18-6-3-9-21-14-18)22-10-13-24-11-7-16-4-1-2-5-17(16)15-24/h1-2,4-5,8,12,18,21H,3,6-7,9-11,13-15H2,(H,22,26). The summed E-state index contributed by atoms with van der Waals surface area (Å²) >= 11 is 0. The summed E-state index contributed by atoms with van der Waals surface area (Å²) in [5.41, 5.74) is 3.38. The molecule has 0 saturated carbocycles. The van der Waals surface area contributed by atoms with Crippen molar-refractivity contribution < 1.29 is 4.79 Å². The summed E-state index contributed by atoms with van der Waals surface area (Å²) in [6.45, 7) is 5.54. The first kappa shape index (κ1) is 17.2. The lowest BCUT2D eigenvalue weighted by Crippen LogP contribution is -2.38. The zero-order valence-corrected chi connectivity index (χ0v) is 15.2. The number of benzene rings is 1. The van der Waals surface area contributed by atoms with Crippen LogP contribution >= 0.6 is 0 Å². The van der Waals surface area contributed by atoms with E-state index in [4.69, 9.17) is 0 Å². The Morgan fingerprint density at radius 2 is 2.15 bits per heavy atom. The molecule has 0 aliphatic carbocycles. The summed E-state index contributed by atoms with van der Waals surface area (Å²) in [7, 11) is 0. The fraction of sp³-hybridized carbons (Fsp3) is 0.500. The summed E-state index contributed by atoms with van der Waals surface area (Å²) in [6.07, 6.45) is 5.29. The second-order valence-corrected chi connectivity index (χ2v) is 7.23. The number of carbonyl (C=O) groups excluding carboxylic acids is 1. The van der Waals surface area contributed by atoms with Crippen molar-refractivity contribution in [2.75, 3.05) is 32.7 Å². The Balaban J connectivity index is 1.25. The SMILES string of the molecule is O=C(NCCN1CCc2ccccc2C1)c1ccn(C2CCCNC2)n1. The van der Waals surface area contributed by atoms with E-state index in [9.17, 15) is 4.79 Å². The minimum absolute atomic E-state index is 0.0788. The van der Waals surface area contributed by atoms with E-state index in [1.807, 2.05) is 16.9 Å². The highest BCUT2D eigenvalue weighted by Gasteiger charge is 2.18. The van der Waals surface area contributed by atoms with Crippen LogP contribution in [0.25, 0.3) is 0 Å². The van der Waals surface area contributed by atoms with Gasteiger partial charge in [0.05, 0.1) is 6.04 Å². The van der Waals surface area contributed by atoms with Crippen LogP contribution in [-0.4, -0.2) is 53.3 Å². The van der Waals surface area contributed by atoms with Crippen molar-refractivity contribution in [3.05, 3.63) is 53.3 Å². The number of amides is 1. The Morgan fingerprint density at radius 1 is 1.27 bits per heavy atom. The van der Waals surface area contributed by atoms with Gasteiger partial charge >= 0.3 is 0 Å². The number of fused-ring (bicyclic) bond motifs is 1. The van der Waals surface area contributed by atoms with Gasteiger partial charge in [-0.1, -0.05) is 24.3 Å². The van der Waals surface area contributed by atoms with E-state index < -0.39 is 0 Å². The minimum Gasteiger partial charge on any atom is -0.349 e. The zero-order chi connectivity index (χ0) is 17.8. The molecule has 4 rings (SSSR count). The number of aromatic nitrogens is 2. The molecule has 1 aromatic carbocycles. The fourth-order valence-corrected chi connectivity index (χ4v) is 3.88. The Labute approximate surface area is 154 Å². The first-order chi connectivity index (χ1) is 12.8. The molecule has 0 spiro atoms. The highest BCUT2D eigenvalue weighted by Crippen LogP contribution is 2.18. The number of nitrogens with zero attached hydrogens (tertiary/aromatic N) is 3. The third kappa shape index (κ3) is 3.97. The van der Waals surface area contributed by atoms with E-state index in [-0.39, 0.29) is 5.91 Å². The lowest BCUT2D eigenvalue weighted by Gasteiger charge is -2.28. The summed E-state index contributed by atoms with van der Waals surface area (Å²) in [5, 5.41) is 10.9. The van der Waals surface area contributed by atoms with Crippen LogP contribution < -0.4 is 10.6 Å². The van der Waals surface area contributed by atoms with Crippen LogP contribution in [0.4, 0.5) is 0 Å². The second-order valence-electron chi connectivity index (χ2n) is 7.23. The fourth-order valence-electron chi connectivity index (χ4n) is 3.88. The van der Waals surface area contributed by atoms with Crippen molar-refractivity contribution in [1.29, 1.82) is 0 Å². The van der Waals surface area contributed by atoms with Gasteiger partial charge in [0, 0.05) is 38.9 Å². The van der Waals surface area contributed by atoms with Crippen molar-refractivity contribution >= 4 is 5.91 Å². The molecular formula is C20H27N5O. The van der Waals surface area contributed by atoms with Gasteiger partial charge in [-0.15, -0.1) is 0 Å². The minimum atomic E-state index is -0.0788. The molecule has 1 aromatic heterocycles. The maximum atomic E-state index is 12.4. The molecule has 1 amide bonds. The Bertz CT molecular complexity index is 750. The van der Waals surface area contributed by atoms with Crippen molar-refractivity contribution in [2.24, 2.45) is 0 Å².